The smallest absolute Gasteiger partial charge is 0.278 e. The Morgan fingerprint density at radius 2 is 1.81 bits per heavy atom. The fourth-order valence-corrected chi connectivity index (χ4v) is 3.51. The highest BCUT2D eigenvalue weighted by atomic mass is 16.5. The number of hydrogen-bond donors (Lipinski definition) is 1. The molecule has 1 N–H and O–H groups in total. The van der Waals surface area contributed by atoms with Gasteiger partial charge in [-0.25, -0.2) is 4.68 Å². The normalized spacial score (nSPS) is 10.9. The number of hydrogen-bond acceptors (Lipinski definition) is 6. The predicted octanol–water partition coefficient (Wildman–Crippen LogP) is 4.64. The third kappa shape index (κ3) is 3.47. The summed E-state index contributed by atoms with van der Waals surface area (Å²) < 4.78 is 12.4. The van der Waals surface area contributed by atoms with E-state index < -0.39 is 0 Å². The number of anilines is 1. The first-order valence-electron chi connectivity index (χ1n) is 9.97. The molecule has 0 aliphatic carbocycles. The van der Waals surface area contributed by atoms with Crippen LogP contribution in [0.5, 0.6) is 5.75 Å². The van der Waals surface area contributed by atoms with Crippen molar-refractivity contribution in [3.8, 4) is 22.8 Å². The minimum atomic E-state index is -0.338. The van der Waals surface area contributed by atoms with Gasteiger partial charge in [-0.3, -0.25) is 4.79 Å². The third-order valence-electron chi connectivity index (χ3n) is 5.20. The highest BCUT2D eigenvalue weighted by Gasteiger charge is 2.19. The summed E-state index contributed by atoms with van der Waals surface area (Å²) in [6, 6.07) is 22.5. The summed E-state index contributed by atoms with van der Waals surface area (Å²) in [5.74, 6) is 1.05. The van der Waals surface area contributed by atoms with Crippen LogP contribution in [-0.2, 0) is 0 Å². The molecule has 2 aromatic heterocycles. The summed E-state index contributed by atoms with van der Waals surface area (Å²) in [5, 5.41) is 16.2. The molecule has 1 amide bonds. The molecule has 0 spiro atoms. The summed E-state index contributed by atoms with van der Waals surface area (Å²) in [7, 11) is 1.59. The van der Waals surface area contributed by atoms with Crippen molar-refractivity contribution in [3.05, 3.63) is 84.2 Å². The number of ether oxygens (including phenoxy) is 1. The van der Waals surface area contributed by atoms with Crippen LogP contribution in [-0.4, -0.2) is 33.2 Å². The molecular formula is C24H19N5O3. The molecule has 0 aliphatic heterocycles. The Balaban J connectivity index is 1.46. The second-order valence-corrected chi connectivity index (χ2v) is 7.20. The molecule has 3 aromatic carbocycles. The second kappa shape index (κ2) is 7.99. The van der Waals surface area contributed by atoms with E-state index in [1.54, 1.807) is 43.0 Å². The molecule has 8 nitrogen and oxygen atoms in total. The van der Waals surface area contributed by atoms with Gasteiger partial charge in [0.25, 0.3) is 5.91 Å². The molecule has 5 rings (SSSR count). The number of amides is 1. The largest absolute Gasteiger partial charge is 0.497 e. The topological polar surface area (TPSA) is 95.1 Å². The fraction of sp³-hybridized carbons (Fsp3) is 0.0833. The van der Waals surface area contributed by atoms with E-state index in [1.807, 2.05) is 48.5 Å². The summed E-state index contributed by atoms with van der Waals surface area (Å²) >= 11 is 0. The molecule has 158 valence electrons. The number of fused-ring (bicyclic) bond motifs is 1. The predicted molar refractivity (Wildman–Crippen MR) is 120 cm³/mol. The zero-order valence-electron chi connectivity index (χ0n) is 17.4. The highest BCUT2D eigenvalue weighted by Crippen LogP contribution is 2.30. The van der Waals surface area contributed by atoms with Crippen molar-refractivity contribution >= 4 is 22.5 Å². The SMILES string of the molecule is COc1ccc(NC(=O)c2nnn(-c3ccc4noc(-c5ccccc5)c4c3)c2C)cc1. The van der Waals surface area contributed by atoms with Crippen LogP contribution in [0.2, 0.25) is 0 Å². The maximum atomic E-state index is 12.8. The lowest BCUT2D eigenvalue weighted by atomic mass is 10.1. The van der Waals surface area contributed by atoms with Crippen LogP contribution < -0.4 is 10.1 Å². The Kier molecular flexibility index (Phi) is 4.87. The zero-order chi connectivity index (χ0) is 22.1. The lowest BCUT2D eigenvalue weighted by Crippen LogP contribution is -2.14. The van der Waals surface area contributed by atoms with E-state index in [1.165, 1.54) is 0 Å². The van der Waals surface area contributed by atoms with Crippen LogP contribution in [0.1, 0.15) is 16.2 Å². The summed E-state index contributed by atoms with van der Waals surface area (Å²) in [5.41, 5.74) is 3.93. The van der Waals surface area contributed by atoms with E-state index in [0.717, 1.165) is 22.2 Å². The van der Waals surface area contributed by atoms with Crippen molar-refractivity contribution in [3.63, 3.8) is 0 Å². The minimum Gasteiger partial charge on any atom is -0.497 e. The maximum Gasteiger partial charge on any atom is 0.278 e. The lowest BCUT2D eigenvalue weighted by molar-refractivity contribution is 0.102. The van der Waals surface area contributed by atoms with E-state index in [0.29, 0.717) is 22.9 Å². The highest BCUT2D eigenvalue weighted by molar-refractivity contribution is 6.03. The summed E-state index contributed by atoms with van der Waals surface area (Å²) in [6.07, 6.45) is 0. The first-order chi connectivity index (χ1) is 15.6. The van der Waals surface area contributed by atoms with Gasteiger partial charge in [-0.15, -0.1) is 5.10 Å². The average molecular weight is 425 g/mol. The van der Waals surface area contributed by atoms with Gasteiger partial charge < -0.3 is 14.6 Å². The van der Waals surface area contributed by atoms with Gasteiger partial charge in [-0.2, -0.15) is 0 Å². The maximum absolute atomic E-state index is 12.8. The molecule has 0 saturated carbocycles. The third-order valence-corrected chi connectivity index (χ3v) is 5.20. The van der Waals surface area contributed by atoms with Crippen LogP contribution in [0.3, 0.4) is 0 Å². The lowest BCUT2D eigenvalue weighted by Gasteiger charge is -2.06. The Morgan fingerprint density at radius 3 is 2.56 bits per heavy atom. The van der Waals surface area contributed by atoms with Crippen molar-refractivity contribution < 1.29 is 14.1 Å². The molecular weight excluding hydrogens is 406 g/mol. The summed E-state index contributed by atoms with van der Waals surface area (Å²) in [4.78, 5) is 12.8. The number of nitrogens with zero attached hydrogens (tertiary/aromatic N) is 4. The number of rotatable bonds is 5. The van der Waals surface area contributed by atoms with Crippen LogP contribution >= 0.6 is 0 Å². The van der Waals surface area contributed by atoms with Gasteiger partial charge in [0, 0.05) is 11.3 Å². The molecule has 0 bridgehead atoms. The van der Waals surface area contributed by atoms with Gasteiger partial charge in [0.1, 0.15) is 11.3 Å². The van der Waals surface area contributed by atoms with Crippen molar-refractivity contribution in [1.29, 1.82) is 0 Å². The number of carbonyl (C=O) groups excluding carboxylic acids is 1. The first-order valence-corrected chi connectivity index (χ1v) is 9.97. The Hall–Kier alpha value is -4.46. The van der Waals surface area contributed by atoms with Gasteiger partial charge in [0.15, 0.2) is 11.5 Å². The van der Waals surface area contributed by atoms with E-state index in [-0.39, 0.29) is 11.6 Å². The standard InChI is InChI=1S/C24H19N5O3/c1-15-22(24(30)25-17-8-11-19(31-2)12-9-17)26-28-29(15)18-10-13-21-20(14-18)23(32-27-21)16-6-4-3-5-7-16/h3-14H,1-2H3,(H,25,30). The van der Waals surface area contributed by atoms with Gasteiger partial charge >= 0.3 is 0 Å². The fourth-order valence-electron chi connectivity index (χ4n) is 3.51. The number of aromatic nitrogens is 4. The Labute approximate surface area is 183 Å². The Bertz CT molecular complexity index is 1410. The van der Waals surface area contributed by atoms with E-state index in [2.05, 4.69) is 20.8 Å². The molecule has 0 atom stereocenters. The van der Waals surface area contributed by atoms with Crippen LogP contribution in [0.4, 0.5) is 5.69 Å². The van der Waals surface area contributed by atoms with E-state index >= 15 is 0 Å². The van der Waals surface area contributed by atoms with Gasteiger partial charge in [-0.1, -0.05) is 40.7 Å². The van der Waals surface area contributed by atoms with E-state index in [4.69, 9.17) is 9.26 Å². The molecule has 0 saturated heterocycles. The van der Waals surface area contributed by atoms with Crippen molar-refractivity contribution in [1.82, 2.24) is 20.2 Å². The zero-order valence-corrected chi connectivity index (χ0v) is 17.4. The molecule has 5 aromatic rings. The van der Waals surface area contributed by atoms with Gasteiger partial charge in [0.05, 0.1) is 23.9 Å². The van der Waals surface area contributed by atoms with Gasteiger partial charge in [0.2, 0.25) is 0 Å². The van der Waals surface area contributed by atoms with Crippen molar-refractivity contribution in [2.45, 2.75) is 6.92 Å². The van der Waals surface area contributed by atoms with Gasteiger partial charge in [-0.05, 0) is 49.4 Å². The molecule has 0 fully saturated rings. The van der Waals surface area contributed by atoms with Crippen LogP contribution in [0, 0.1) is 6.92 Å². The molecule has 32 heavy (non-hydrogen) atoms. The molecule has 2 heterocycles. The second-order valence-electron chi connectivity index (χ2n) is 7.20. The molecule has 0 radical (unpaired) electrons. The molecule has 0 unspecified atom stereocenters. The molecule has 8 heteroatoms. The van der Waals surface area contributed by atoms with Crippen molar-refractivity contribution in [2.24, 2.45) is 0 Å². The molecule has 0 aliphatic rings. The minimum absolute atomic E-state index is 0.245. The first kappa shape index (κ1) is 19.5. The number of benzene rings is 3. The quantitative estimate of drug-likeness (QED) is 0.441. The summed E-state index contributed by atoms with van der Waals surface area (Å²) in [6.45, 7) is 1.80. The number of carbonyl (C=O) groups is 1. The van der Waals surface area contributed by atoms with Crippen LogP contribution in [0.15, 0.2) is 77.3 Å². The van der Waals surface area contributed by atoms with Crippen molar-refractivity contribution in [2.75, 3.05) is 12.4 Å². The number of nitrogens with one attached hydrogen (secondary N) is 1. The monoisotopic (exact) mass is 425 g/mol. The Morgan fingerprint density at radius 1 is 1.03 bits per heavy atom. The number of methoxy groups -OCH3 is 1. The van der Waals surface area contributed by atoms with E-state index in [9.17, 15) is 4.79 Å². The average Bonchev–Trinajstić information content (AvgIpc) is 3.43. The van der Waals surface area contributed by atoms with Crippen LogP contribution in [0.25, 0.3) is 27.9 Å².